The lowest BCUT2D eigenvalue weighted by atomic mass is 10.0. The first-order valence-electron chi connectivity index (χ1n) is 4.63. The second kappa shape index (κ2) is 6.40. The van der Waals surface area contributed by atoms with Gasteiger partial charge in [0.1, 0.15) is 0 Å². The zero-order valence-corrected chi connectivity index (χ0v) is 8.25. The summed E-state index contributed by atoms with van der Waals surface area (Å²) < 4.78 is 0. The van der Waals surface area contributed by atoms with Crippen molar-refractivity contribution < 1.29 is 10.2 Å². The minimum atomic E-state index is -0.172. The van der Waals surface area contributed by atoms with Gasteiger partial charge in [-0.1, -0.05) is 20.3 Å². The zero-order chi connectivity index (χ0) is 9.56. The minimum absolute atomic E-state index is 0.00270. The topological polar surface area (TPSA) is 52.5 Å². The summed E-state index contributed by atoms with van der Waals surface area (Å²) in [4.78, 5) is 0. The molecule has 0 saturated heterocycles. The quantitative estimate of drug-likeness (QED) is 0.546. The van der Waals surface area contributed by atoms with Gasteiger partial charge in [-0.15, -0.1) is 0 Å². The summed E-state index contributed by atoms with van der Waals surface area (Å²) in [5.74, 6) is 0.575. The van der Waals surface area contributed by atoms with Crippen molar-refractivity contribution in [2.45, 2.75) is 39.3 Å². The molecule has 3 heteroatoms. The van der Waals surface area contributed by atoms with Crippen LogP contribution >= 0.6 is 0 Å². The van der Waals surface area contributed by atoms with Crippen LogP contribution < -0.4 is 5.32 Å². The number of hydrogen-bond donors (Lipinski definition) is 3. The monoisotopic (exact) mass is 175 g/mol. The Hall–Kier alpha value is -0.120. The van der Waals surface area contributed by atoms with E-state index in [4.69, 9.17) is 10.2 Å². The van der Waals surface area contributed by atoms with Gasteiger partial charge >= 0.3 is 0 Å². The predicted octanol–water partition coefficient (Wildman–Crippen LogP) is 0.364. The van der Waals surface area contributed by atoms with Gasteiger partial charge in [0.25, 0.3) is 0 Å². The molecule has 0 bridgehead atoms. The fraction of sp³-hybridized carbons (Fsp3) is 1.00. The van der Waals surface area contributed by atoms with Crippen molar-refractivity contribution in [1.29, 1.82) is 0 Å². The molecule has 0 aliphatic carbocycles. The second-order valence-corrected chi connectivity index (χ2v) is 3.40. The zero-order valence-electron chi connectivity index (χ0n) is 8.25. The summed E-state index contributed by atoms with van der Waals surface area (Å²) in [6, 6.07) is 0.174. The van der Waals surface area contributed by atoms with Crippen molar-refractivity contribution in [3.63, 3.8) is 0 Å². The molecular formula is C9H21NO2. The molecule has 0 rings (SSSR count). The first-order valence-corrected chi connectivity index (χ1v) is 4.63. The van der Waals surface area contributed by atoms with Gasteiger partial charge in [-0.3, -0.25) is 0 Å². The maximum Gasteiger partial charge on any atom is 0.0607 e. The van der Waals surface area contributed by atoms with E-state index in [9.17, 15) is 0 Å². The van der Waals surface area contributed by atoms with E-state index in [-0.39, 0.29) is 19.3 Å². The smallest absolute Gasteiger partial charge is 0.0607 e. The molecule has 0 spiro atoms. The Bertz CT molecular complexity index is 105. The molecule has 0 unspecified atom stereocenters. The van der Waals surface area contributed by atoms with Crippen LogP contribution in [0.15, 0.2) is 0 Å². The van der Waals surface area contributed by atoms with Crippen LogP contribution in [0, 0.1) is 5.92 Å². The highest BCUT2D eigenvalue weighted by Crippen LogP contribution is 2.06. The molecule has 12 heavy (non-hydrogen) atoms. The van der Waals surface area contributed by atoms with Gasteiger partial charge < -0.3 is 15.5 Å². The molecule has 0 fully saturated rings. The van der Waals surface area contributed by atoms with Crippen LogP contribution in [0.3, 0.4) is 0 Å². The van der Waals surface area contributed by atoms with Crippen LogP contribution in [0.1, 0.15) is 27.2 Å². The number of aliphatic hydroxyl groups excluding tert-OH is 2. The van der Waals surface area contributed by atoms with E-state index in [1.54, 1.807) is 0 Å². The van der Waals surface area contributed by atoms with Crippen molar-refractivity contribution in [3.8, 4) is 0 Å². The van der Waals surface area contributed by atoms with Gasteiger partial charge in [0, 0.05) is 6.04 Å². The van der Waals surface area contributed by atoms with Crippen LogP contribution in [-0.4, -0.2) is 35.5 Å². The fourth-order valence-corrected chi connectivity index (χ4v) is 1.05. The summed E-state index contributed by atoms with van der Waals surface area (Å²) in [5.41, 5.74) is 0. The highest BCUT2D eigenvalue weighted by Gasteiger charge is 2.14. The van der Waals surface area contributed by atoms with Crippen molar-refractivity contribution in [1.82, 2.24) is 5.32 Å². The Morgan fingerprint density at radius 2 is 1.67 bits per heavy atom. The molecule has 0 aliphatic rings. The lowest BCUT2D eigenvalue weighted by molar-refractivity contribution is 0.155. The van der Waals surface area contributed by atoms with E-state index in [1.807, 2.05) is 0 Å². The van der Waals surface area contributed by atoms with Gasteiger partial charge in [-0.2, -0.15) is 0 Å². The van der Waals surface area contributed by atoms with Crippen LogP contribution in [0.25, 0.3) is 0 Å². The lowest BCUT2D eigenvalue weighted by Crippen LogP contribution is -2.44. The summed E-state index contributed by atoms with van der Waals surface area (Å²) in [5, 5.41) is 20.8. The van der Waals surface area contributed by atoms with Crippen LogP contribution in [0.4, 0.5) is 0 Å². The van der Waals surface area contributed by atoms with Crippen LogP contribution in [-0.2, 0) is 0 Å². The summed E-state index contributed by atoms with van der Waals surface area (Å²) in [6.07, 6.45) is 1.11. The van der Waals surface area contributed by atoms with Crippen molar-refractivity contribution in [2.24, 2.45) is 5.92 Å². The van der Waals surface area contributed by atoms with E-state index in [2.05, 4.69) is 26.1 Å². The number of nitrogens with one attached hydrogen (secondary N) is 1. The van der Waals surface area contributed by atoms with Crippen molar-refractivity contribution in [3.05, 3.63) is 0 Å². The van der Waals surface area contributed by atoms with E-state index in [1.165, 1.54) is 0 Å². The third-order valence-corrected chi connectivity index (χ3v) is 2.44. The summed E-state index contributed by atoms with van der Waals surface area (Å²) in [6.45, 7) is 6.36. The van der Waals surface area contributed by atoms with Gasteiger partial charge in [-0.05, 0) is 12.8 Å². The molecule has 0 heterocycles. The minimum Gasteiger partial charge on any atom is -0.395 e. The average Bonchev–Trinajstić information content (AvgIpc) is 2.12. The van der Waals surface area contributed by atoms with Crippen LogP contribution in [0.2, 0.25) is 0 Å². The molecular weight excluding hydrogens is 154 g/mol. The normalized spacial score (nSPS) is 16.5. The van der Waals surface area contributed by atoms with Crippen molar-refractivity contribution in [2.75, 3.05) is 13.2 Å². The largest absolute Gasteiger partial charge is 0.395 e. The molecule has 74 valence electrons. The summed E-state index contributed by atoms with van der Waals surface area (Å²) >= 11 is 0. The highest BCUT2D eigenvalue weighted by atomic mass is 16.3. The first kappa shape index (κ1) is 11.9. The molecule has 0 aromatic heterocycles. The van der Waals surface area contributed by atoms with Gasteiger partial charge in [-0.25, -0.2) is 0 Å². The molecule has 0 aliphatic heterocycles. The Labute approximate surface area is 74.8 Å². The molecule has 2 atom stereocenters. The average molecular weight is 175 g/mol. The Morgan fingerprint density at radius 3 is 2.00 bits per heavy atom. The Morgan fingerprint density at radius 1 is 1.17 bits per heavy atom. The van der Waals surface area contributed by atoms with Crippen LogP contribution in [0.5, 0.6) is 0 Å². The maximum absolute atomic E-state index is 8.81. The summed E-state index contributed by atoms with van der Waals surface area (Å²) in [7, 11) is 0. The highest BCUT2D eigenvalue weighted by molar-refractivity contribution is 4.73. The number of rotatable bonds is 6. The maximum atomic E-state index is 8.81. The number of aliphatic hydroxyl groups is 2. The second-order valence-electron chi connectivity index (χ2n) is 3.40. The Balaban J connectivity index is 3.72. The van der Waals surface area contributed by atoms with E-state index >= 15 is 0 Å². The first-order chi connectivity index (χ1) is 5.65. The van der Waals surface area contributed by atoms with E-state index in [0.29, 0.717) is 12.0 Å². The van der Waals surface area contributed by atoms with Gasteiger partial charge in [0.2, 0.25) is 0 Å². The third-order valence-electron chi connectivity index (χ3n) is 2.44. The Kier molecular flexibility index (Phi) is 6.34. The van der Waals surface area contributed by atoms with Gasteiger partial charge in [0.15, 0.2) is 0 Å². The molecule has 0 amide bonds. The molecule has 0 saturated carbocycles. The molecule has 3 N–H and O–H groups in total. The molecule has 0 aromatic carbocycles. The predicted molar refractivity (Wildman–Crippen MR) is 50.0 cm³/mol. The van der Waals surface area contributed by atoms with E-state index in [0.717, 1.165) is 6.42 Å². The SMILES string of the molecule is CC[C@H](C)[C@H](C)NC(CO)CO. The standard InChI is InChI=1S/C9H21NO2/c1-4-7(2)8(3)10-9(5-11)6-12/h7-12H,4-6H2,1-3H3/t7-,8-/m0/s1. The molecule has 0 radical (unpaired) electrons. The van der Waals surface area contributed by atoms with E-state index < -0.39 is 0 Å². The fourth-order valence-electron chi connectivity index (χ4n) is 1.05. The lowest BCUT2D eigenvalue weighted by Gasteiger charge is -2.24. The number of hydrogen-bond acceptors (Lipinski definition) is 3. The molecule has 3 nitrogen and oxygen atoms in total. The third kappa shape index (κ3) is 4.04. The molecule has 0 aromatic rings. The van der Waals surface area contributed by atoms with Gasteiger partial charge in [0.05, 0.1) is 19.3 Å². The van der Waals surface area contributed by atoms with Crippen molar-refractivity contribution >= 4 is 0 Å².